The van der Waals surface area contributed by atoms with Crippen molar-refractivity contribution in [2.75, 3.05) is 33.6 Å². The average molecular weight is 512 g/mol. The first-order valence-corrected chi connectivity index (χ1v) is 8.96. The largest absolute Gasteiger partial charge is 0.497 e. The number of benzene rings is 2. The van der Waals surface area contributed by atoms with Crippen molar-refractivity contribution < 1.29 is 14.3 Å². The summed E-state index contributed by atoms with van der Waals surface area (Å²) in [5.74, 6) is 2.09. The minimum Gasteiger partial charge on any atom is -0.497 e. The molecule has 158 valence electrons. The van der Waals surface area contributed by atoms with Gasteiger partial charge in [-0.2, -0.15) is 0 Å². The highest BCUT2D eigenvalue weighted by Crippen LogP contribution is 2.25. The minimum absolute atomic E-state index is 0. The number of anilines is 1. The molecule has 0 bridgehead atoms. The van der Waals surface area contributed by atoms with Gasteiger partial charge in [0.25, 0.3) is 0 Å². The lowest BCUT2D eigenvalue weighted by atomic mass is 10.2. The minimum atomic E-state index is -0.140. The maximum absolute atomic E-state index is 11.4. The van der Waals surface area contributed by atoms with Crippen molar-refractivity contribution in [3.05, 3.63) is 53.6 Å². The van der Waals surface area contributed by atoms with Gasteiger partial charge in [0.05, 0.1) is 19.9 Å². The molecule has 1 amide bonds. The van der Waals surface area contributed by atoms with Crippen LogP contribution < -0.4 is 20.1 Å². The molecule has 8 heteroatoms. The van der Waals surface area contributed by atoms with Gasteiger partial charge in [-0.05, 0) is 35.4 Å². The van der Waals surface area contributed by atoms with Crippen LogP contribution in [-0.4, -0.2) is 45.1 Å². The summed E-state index contributed by atoms with van der Waals surface area (Å²) in [6.07, 6.45) is 0. The number of methoxy groups -OCH3 is 2. The molecule has 0 aromatic heterocycles. The standard InChI is InChI=1S/C21H28N4O3.HI/c1-15(26)24-19-12-17(8-11-20(19)28-5)13-23-21(22-2)25(3)14-16-6-9-18(27-4)10-7-16;/h6-12H,13-14H2,1-5H3,(H,22,23)(H,24,26);1H. The van der Waals surface area contributed by atoms with Crippen molar-refractivity contribution in [3.63, 3.8) is 0 Å². The van der Waals surface area contributed by atoms with Crippen molar-refractivity contribution in [2.24, 2.45) is 4.99 Å². The number of carbonyl (C=O) groups excluding carboxylic acids is 1. The van der Waals surface area contributed by atoms with Gasteiger partial charge in [-0.3, -0.25) is 9.79 Å². The highest BCUT2D eigenvalue weighted by Gasteiger charge is 2.09. The maximum atomic E-state index is 11.4. The van der Waals surface area contributed by atoms with Gasteiger partial charge in [0.15, 0.2) is 5.96 Å². The molecule has 0 aliphatic rings. The molecule has 0 saturated heterocycles. The van der Waals surface area contributed by atoms with Crippen molar-refractivity contribution in [1.29, 1.82) is 0 Å². The van der Waals surface area contributed by atoms with Gasteiger partial charge in [-0.1, -0.05) is 18.2 Å². The normalized spacial score (nSPS) is 10.6. The number of carbonyl (C=O) groups is 1. The lowest BCUT2D eigenvalue weighted by Gasteiger charge is -2.22. The highest BCUT2D eigenvalue weighted by atomic mass is 127. The zero-order valence-electron chi connectivity index (χ0n) is 17.5. The summed E-state index contributed by atoms with van der Waals surface area (Å²) < 4.78 is 10.5. The van der Waals surface area contributed by atoms with Gasteiger partial charge in [-0.15, -0.1) is 24.0 Å². The summed E-state index contributed by atoms with van der Waals surface area (Å²) >= 11 is 0. The number of hydrogen-bond donors (Lipinski definition) is 2. The molecule has 0 saturated carbocycles. The molecule has 0 spiro atoms. The van der Waals surface area contributed by atoms with E-state index in [1.807, 2.05) is 54.4 Å². The third kappa shape index (κ3) is 7.45. The predicted molar refractivity (Wildman–Crippen MR) is 127 cm³/mol. The van der Waals surface area contributed by atoms with E-state index in [0.29, 0.717) is 24.5 Å². The van der Waals surface area contributed by atoms with Crippen LogP contribution in [0.4, 0.5) is 5.69 Å². The first kappa shape index (κ1) is 24.5. The van der Waals surface area contributed by atoms with E-state index in [1.165, 1.54) is 6.92 Å². The topological polar surface area (TPSA) is 75.2 Å². The number of ether oxygens (including phenoxy) is 2. The predicted octanol–water partition coefficient (Wildman–Crippen LogP) is 3.49. The van der Waals surface area contributed by atoms with E-state index in [1.54, 1.807) is 21.3 Å². The van der Waals surface area contributed by atoms with E-state index < -0.39 is 0 Å². The molecule has 0 radical (unpaired) electrons. The fourth-order valence-electron chi connectivity index (χ4n) is 2.80. The summed E-state index contributed by atoms with van der Waals surface area (Å²) in [6, 6.07) is 13.6. The Balaban J connectivity index is 0.00000420. The summed E-state index contributed by atoms with van der Waals surface area (Å²) in [6.45, 7) is 2.75. The van der Waals surface area contributed by atoms with Crippen LogP contribution in [0.5, 0.6) is 11.5 Å². The van der Waals surface area contributed by atoms with Crippen molar-refractivity contribution in [2.45, 2.75) is 20.0 Å². The number of rotatable bonds is 7. The summed E-state index contributed by atoms with van der Waals surface area (Å²) in [7, 11) is 6.97. The van der Waals surface area contributed by atoms with Crippen LogP contribution in [0.1, 0.15) is 18.1 Å². The third-order valence-electron chi connectivity index (χ3n) is 4.18. The van der Waals surface area contributed by atoms with Crippen molar-refractivity contribution in [3.8, 4) is 11.5 Å². The molecule has 0 fully saturated rings. The Labute approximate surface area is 189 Å². The van der Waals surface area contributed by atoms with E-state index in [9.17, 15) is 4.79 Å². The first-order valence-electron chi connectivity index (χ1n) is 8.96. The van der Waals surface area contributed by atoms with E-state index in [4.69, 9.17) is 9.47 Å². The average Bonchev–Trinajstić information content (AvgIpc) is 2.68. The smallest absolute Gasteiger partial charge is 0.221 e. The van der Waals surface area contributed by atoms with E-state index in [0.717, 1.165) is 22.8 Å². The van der Waals surface area contributed by atoms with Gasteiger partial charge >= 0.3 is 0 Å². The number of aliphatic imine (C=N–C) groups is 1. The zero-order chi connectivity index (χ0) is 20.5. The molecule has 0 heterocycles. The van der Waals surface area contributed by atoms with Crippen LogP contribution in [0.2, 0.25) is 0 Å². The summed E-state index contributed by atoms with van der Waals surface area (Å²) in [5, 5.41) is 6.13. The molecule has 2 aromatic rings. The highest BCUT2D eigenvalue weighted by molar-refractivity contribution is 14.0. The molecule has 0 atom stereocenters. The zero-order valence-corrected chi connectivity index (χ0v) is 19.8. The first-order chi connectivity index (χ1) is 13.5. The number of hydrogen-bond acceptors (Lipinski definition) is 4. The van der Waals surface area contributed by atoms with Gasteiger partial charge in [0.2, 0.25) is 5.91 Å². The Morgan fingerprint density at radius 3 is 2.28 bits per heavy atom. The second-order valence-corrected chi connectivity index (χ2v) is 6.32. The van der Waals surface area contributed by atoms with Crippen LogP contribution in [0, 0.1) is 0 Å². The van der Waals surface area contributed by atoms with E-state index in [-0.39, 0.29) is 29.9 Å². The SMILES string of the molecule is CN=C(NCc1ccc(OC)c(NC(C)=O)c1)N(C)Cc1ccc(OC)cc1.I. The lowest BCUT2D eigenvalue weighted by molar-refractivity contribution is -0.114. The number of nitrogens with one attached hydrogen (secondary N) is 2. The molecule has 2 N–H and O–H groups in total. The molecular weight excluding hydrogens is 483 g/mol. The molecule has 0 aliphatic heterocycles. The van der Waals surface area contributed by atoms with Crippen LogP contribution >= 0.6 is 24.0 Å². The Hall–Kier alpha value is -2.49. The monoisotopic (exact) mass is 512 g/mol. The van der Waals surface area contributed by atoms with Crippen LogP contribution in [0.25, 0.3) is 0 Å². The molecule has 2 rings (SSSR count). The van der Waals surface area contributed by atoms with Gasteiger partial charge in [0.1, 0.15) is 11.5 Å². The van der Waals surface area contributed by atoms with Crippen LogP contribution in [0.3, 0.4) is 0 Å². The maximum Gasteiger partial charge on any atom is 0.221 e. The molecular formula is C21H29IN4O3. The molecule has 0 unspecified atom stereocenters. The molecule has 2 aromatic carbocycles. The summed E-state index contributed by atoms with van der Waals surface area (Å²) in [4.78, 5) is 17.8. The van der Waals surface area contributed by atoms with Crippen molar-refractivity contribution in [1.82, 2.24) is 10.2 Å². The Bertz CT molecular complexity index is 825. The lowest BCUT2D eigenvalue weighted by Crippen LogP contribution is -2.38. The number of amides is 1. The second kappa shape index (κ2) is 12.2. The Kier molecular flexibility index (Phi) is 10.3. The van der Waals surface area contributed by atoms with Gasteiger partial charge in [-0.25, -0.2) is 0 Å². The molecule has 7 nitrogen and oxygen atoms in total. The number of halogens is 1. The Morgan fingerprint density at radius 2 is 1.72 bits per heavy atom. The number of nitrogens with zero attached hydrogens (tertiary/aromatic N) is 2. The second-order valence-electron chi connectivity index (χ2n) is 6.32. The Morgan fingerprint density at radius 1 is 1.07 bits per heavy atom. The van der Waals surface area contributed by atoms with Crippen molar-refractivity contribution >= 4 is 41.5 Å². The summed E-state index contributed by atoms with van der Waals surface area (Å²) in [5.41, 5.74) is 2.81. The van der Waals surface area contributed by atoms with E-state index in [2.05, 4.69) is 15.6 Å². The van der Waals surface area contributed by atoms with Crippen LogP contribution in [-0.2, 0) is 17.9 Å². The van der Waals surface area contributed by atoms with E-state index >= 15 is 0 Å². The van der Waals surface area contributed by atoms with Gasteiger partial charge in [0, 0.05) is 34.1 Å². The van der Waals surface area contributed by atoms with Gasteiger partial charge < -0.3 is 25.0 Å². The molecule has 0 aliphatic carbocycles. The number of guanidine groups is 1. The fourth-order valence-corrected chi connectivity index (χ4v) is 2.80. The fraction of sp³-hybridized carbons (Fsp3) is 0.333. The quantitative estimate of drug-likeness (QED) is 0.338. The van der Waals surface area contributed by atoms with Crippen LogP contribution in [0.15, 0.2) is 47.5 Å². The third-order valence-corrected chi connectivity index (χ3v) is 4.18. The molecule has 29 heavy (non-hydrogen) atoms.